The van der Waals surface area contributed by atoms with Crippen LogP contribution in [0.2, 0.25) is 0 Å². The summed E-state index contributed by atoms with van der Waals surface area (Å²) in [6, 6.07) is 23.1. The number of carbonyl (C=O) groups excluding carboxylic acids is 1. The van der Waals surface area contributed by atoms with Gasteiger partial charge in [-0.1, -0.05) is 48.5 Å². The minimum Gasteiger partial charge on any atom is -0.293 e. The molecule has 0 fully saturated rings. The highest BCUT2D eigenvalue weighted by molar-refractivity contribution is 6.32. The number of pyridine rings is 1. The van der Waals surface area contributed by atoms with Crippen molar-refractivity contribution < 1.29 is 9.72 Å². The van der Waals surface area contributed by atoms with Crippen LogP contribution in [0.1, 0.15) is 27.4 Å². The first kappa shape index (κ1) is 17.9. The number of rotatable bonds is 3. The Balaban J connectivity index is 1.66. The van der Waals surface area contributed by atoms with Crippen LogP contribution < -0.4 is 0 Å². The highest BCUT2D eigenvalue weighted by Crippen LogP contribution is 2.37. The fourth-order valence-electron chi connectivity index (χ4n) is 3.84. The first-order valence-corrected chi connectivity index (χ1v) is 9.43. The van der Waals surface area contributed by atoms with E-state index in [1.165, 1.54) is 12.1 Å². The monoisotopic (exact) mass is 393 g/mol. The van der Waals surface area contributed by atoms with Gasteiger partial charge in [0.25, 0.3) is 5.69 Å². The van der Waals surface area contributed by atoms with Crippen LogP contribution in [0.5, 0.6) is 0 Å². The number of aliphatic imine (C=N–C) groups is 1. The lowest BCUT2D eigenvalue weighted by atomic mass is 9.93. The summed E-state index contributed by atoms with van der Waals surface area (Å²) in [4.78, 5) is 33.0. The number of non-ortho nitro benzene ring substituents is 1. The Morgan fingerprint density at radius 3 is 2.43 bits per heavy atom. The van der Waals surface area contributed by atoms with Crippen molar-refractivity contribution in [1.82, 2.24) is 4.98 Å². The zero-order valence-electron chi connectivity index (χ0n) is 15.7. The van der Waals surface area contributed by atoms with Gasteiger partial charge in [0.2, 0.25) is 0 Å². The molecule has 6 nitrogen and oxygen atoms in total. The number of nitrogens with zero attached hydrogens (tertiary/aromatic N) is 3. The predicted molar refractivity (Wildman–Crippen MR) is 115 cm³/mol. The molecule has 0 spiro atoms. The Kier molecular flexibility index (Phi) is 4.17. The number of hydrogen-bond donors (Lipinski definition) is 0. The smallest absolute Gasteiger partial charge is 0.269 e. The standard InChI is InChI=1S/C24H15N3O3/c28-24-20-6-2-1-5-19(20)23(22(24)16-8-11-18(12-9-16)27(29)30)26-17-10-7-15-4-3-13-25-21(15)14-17/h1-14,22H/t22-/m1/s1. The van der Waals surface area contributed by atoms with Gasteiger partial charge >= 0.3 is 0 Å². The van der Waals surface area contributed by atoms with Crippen LogP contribution in [-0.2, 0) is 0 Å². The normalized spacial score (nSPS) is 16.7. The van der Waals surface area contributed by atoms with Crippen molar-refractivity contribution in [3.05, 3.63) is 112 Å². The van der Waals surface area contributed by atoms with Gasteiger partial charge in [0.1, 0.15) is 0 Å². The van der Waals surface area contributed by atoms with E-state index >= 15 is 0 Å². The summed E-state index contributed by atoms with van der Waals surface area (Å²) in [5.41, 5.74) is 4.22. The number of benzene rings is 3. The Morgan fingerprint density at radius 1 is 0.900 bits per heavy atom. The third-order valence-corrected chi connectivity index (χ3v) is 5.28. The number of aromatic nitrogens is 1. The first-order valence-electron chi connectivity index (χ1n) is 9.43. The van der Waals surface area contributed by atoms with Crippen molar-refractivity contribution in [3.63, 3.8) is 0 Å². The highest BCUT2D eigenvalue weighted by atomic mass is 16.6. The molecule has 30 heavy (non-hydrogen) atoms. The van der Waals surface area contributed by atoms with Crippen molar-refractivity contribution in [2.24, 2.45) is 4.99 Å². The molecule has 5 rings (SSSR count). The zero-order chi connectivity index (χ0) is 20.7. The largest absolute Gasteiger partial charge is 0.293 e. The number of Topliss-reactive ketones (excluding diaryl/α,β-unsaturated/α-hetero) is 1. The summed E-state index contributed by atoms with van der Waals surface area (Å²) in [6.45, 7) is 0. The Hall–Kier alpha value is -4.19. The van der Waals surface area contributed by atoms with Gasteiger partial charge in [-0.25, -0.2) is 0 Å². The fourth-order valence-corrected chi connectivity index (χ4v) is 3.84. The molecule has 0 amide bonds. The van der Waals surface area contributed by atoms with Gasteiger partial charge in [0, 0.05) is 34.8 Å². The van der Waals surface area contributed by atoms with E-state index < -0.39 is 10.8 Å². The average molecular weight is 393 g/mol. The number of carbonyl (C=O) groups is 1. The summed E-state index contributed by atoms with van der Waals surface area (Å²) in [6.07, 6.45) is 1.73. The lowest BCUT2D eigenvalue weighted by molar-refractivity contribution is -0.384. The van der Waals surface area contributed by atoms with Gasteiger partial charge in [0.15, 0.2) is 5.78 Å². The van der Waals surface area contributed by atoms with Crippen molar-refractivity contribution >= 4 is 33.8 Å². The number of hydrogen-bond acceptors (Lipinski definition) is 5. The highest BCUT2D eigenvalue weighted by Gasteiger charge is 2.37. The third kappa shape index (κ3) is 2.95. The molecule has 3 aromatic carbocycles. The van der Waals surface area contributed by atoms with Crippen molar-refractivity contribution in [2.45, 2.75) is 5.92 Å². The lowest BCUT2D eigenvalue weighted by Gasteiger charge is -2.11. The first-order chi connectivity index (χ1) is 14.6. The summed E-state index contributed by atoms with van der Waals surface area (Å²) in [5.74, 6) is -0.667. The second kappa shape index (κ2) is 7.00. The molecule has 0 bridgehead atoms. The molecule has 1 aromatic heterocycles. The van der Waals surface area contributed by atoms with E-state index in [1.807, 2.05) is 48.5 Å². The third-order valence-electron chi connectivity index (χ3n) is 5.28. The van der Waals surface area contributed by atoms with Crippen LogP contribution in [0.4, 0.5) is 11.4 Å². The molecule has 1 aliphatic carbocycles. The maximum atomic E-state index is 13.2. The van der Waals surface area contributed by atoms with Gasteiger partial charge in [0.05, 0.1) is 27.8 Å². The van der Waals surface area contributed by atoms with E-state index in [-0.39, 0.29) is 11.5 Å². The second-order valence-electron chi connectivity index (χ2n) is 7.07. The molecule has 1 atom stereocenters. The molecular formula is C24H15N3O3. The van der Waals surface area contributed by atoms with Gasteiger partial charge < -0.3 is 0 Å². The lowest BCUT2D eigenvalue weighted by Crippen LogP contribution is -2.13. The quantitative estimate of drug-likeness (QED) is 0.352. The van der Waals surface area contributed by atoms with Crippen LogP contribution in [0, 0.1) is 10.1 Å². The van der Waals surface area contributed by atoms with Crippen LogP contribution in [-0.4, -0.2) is 21.4 Å². The molecule has 4 aromatic rings. The van der Waals surface area contributed by atoms with E-state index in [9.17, 15) is 14.9 Å². The molecule has 0 saturated carbocycles. The molecule has 1 heterocycles. The van der Waals surface area contributed by atoms with Crippen LogP contribution in [0.25, 0.3) is 10.9 Å². The van der Waals surface area contributed by atoms with Crippen LogP contribution >= 0.6 is 0 Å². The van der Waals surface area contributed by atoms with Crippen LogP contribution in [0.15, 0.2) is 90.1 Å². The summed E-state index contributed by atoms with van der Waals surface area (Å²) in [5, 5.41) is 12.0. The Bertz CT molecular complexity index is 1340. The molecule has 0 aliphatic heterocycles. The van der Waals surface area contributed by atoms with Crippen molar-refractivity contribution in [2.75, 3.05) is 0 Å². The van der Waals surface area contributed by atoms with Gasteiger partial charge in [-0.2, -0.15) is 0 Å². The summed E-state index contributed by atoms with van der Waals surface area (Å²) >= 11 is 0. The molecular weight excluding hydrogens is 378 g/mol. The van der Waals surface area contributed by atoms with E-state index in [4.69, 9.17) is 4.99 Å². The van der Waals surface area contributed by atoms with Gasteiger partial charge in [-0.15, -0.1) is 0 Å². The molecule has 0 N–H and O–H groups in total. The van der Waals surface area contributed by atoms with Gasteiger partial charge in [-0.3, -0.25) is 24.9 Å². The van der Waals surface area contributed by atoms with E-state index in [1.54, 1.807) is 24.4 Å². The molecule has 0 unspecified atom stereocenters. The van der Waals surface area contributed by atoms with Gasteiger partial charge in [-0.05, 0) is 23.8 Å². The second-order valence-corrected chi connectivity index (χ2v) is 7.07. The number of ketones is 1. The van der Waals surface area contributed by atoms with E-state index in [0.717, 1.165) is 16.5 Å². The number of fused-ring (bicyclic) bond motifs is 2. The van der Waals surface area contributed by atoms with E-state index in [0.29, 0.717) is 22.5 Å². The predicted octanol–water partition coefficient (Wildman–Crippen LogP) is 5.24. The Morgan fingerprint density at radius 2 is 1.67 bits per heavy atom. The number of nitro groups is 1. The van der Waals surface area contributed by atoms with E-state index in [2.05, 4.69) is 4.98 Å². The van der Waals surface area contributed by atoms with Crippen molar-refractivity contribution in [3.8, 4) is 0 Å². The topological polar surface area (TPSA) is 85.5 Å². The molecule has 0 radical (unpaired) electrons. The fraction of sp³-hybridized carbons (Fsp3) is 0.0417. The molecule has 1 aliphatic rings. The summed E-state index contributed by atoms with van der Waals surface area (Å²) in [7, 11) is 0. The van der Waals surface area contributed by atoms with Crippen molar-refractivity contribution in [1.29, 1.82) is 0 Å². The zero-order valence-corrected chi connectivity index (χ0v) is 15.7. The number of nitro benzene ring substituents is 1. The minimum absolute atomic E-state index is 0.0131. The van der Waals surface area contributed by atoms with Crippen LogP contribution in [0.3, 0.4) is 0 Å². The molecule has 144 valence electrons. The maximum Gasteiger partial charge on any atom is 0.269 e. The molecule has 0 saturated heterocycles. The maximum absolute atomic E-state index is 13.2. The average Bonchev–Trinajstić information content (AvgIpc) is 3.05. The summed E-state index contributed by atoms with van der Waals surface area (Å²) < 4.78 is 0. The molecule has 6 heteroatoms. The SMILES string of the molecule is O=C1c2ccccc2C(=Nc2ccc3cccnc3c2)[C@H]1c1ccc([N+](=O)[O-])cc1. The Labute approximate surface area is 171 Å². The minimum atomic E-state index is -0.609.